The maximum Gasteiger partial charge on any atom is 0.324 e. The maximum absolute atomic E-state index is 14.8. The minimum absolute atomic E-state index is 0.133. The van der Waals surface area contributed by atoms with E-state index in [1.807, 2.05) is 52.8 Å². The molecule has 5 heterocycles. The van der Waals surface area contributed by atoms with Crippen LogP contribution in [0.25, 0.3) is 33.3 Å². The molecule has 0 aliphatic carbocycles. The molecule has 3 aliphatic heterocycles. The number of amides is 4. The van der Waals surface area contributed by atoms with E-state index in [0.29, 0.717) is 38.9 Å². The van der Waals surface area contributed by atoms with Crippen LogP contribution in [0.3, 0.4) is 0 Å². The molecule has 1 unspecified atom stereocenters. The Morgan fingerprint density at radius 1 is 1.06 bits per heavy atom. The fraction of sp³-hybridized carbons (Fsp3) is 0.509. The lowest BCUT2D eigenvalue weighted by Gasteiger charge is -2.37. The van der Waals surface area contributed by atoms with Gasteiger partial charge in [0.25, 0.3) is 5.91 Å². The van der Waals surface area contributed by atoms with Crippen molar-refractivity contribution in [3.63, 3.8) is 0 Å². The predicted octanol–water partition coefficient (Wildman–Crippen LogP) is 6.90. The molecule has 0 radical (unpaired) electrons. The highest BCUT2D eigenvalue weighted by Gasteiger charge is 2.48. The van der Waals surface area contributed by atoms with Crippen LogP contribution in [0.5, 0.6) is 0 Å². The van der Waals surface area contributed by atoms with E-state index < -0.39 is 52.7 Å². The third-order valence-corrected chi connectivity index (χ3v) is 14.0. The van der Waals surface area contributed by atoms with Gasteiger partial charge in [-0.05, 0) is 97.0 Å². The van der Waals surface area contributed by atoms with Crippen LogP contribution in [0.2, 0.25) is 0 Å². The molecule has 2 aromatic carbocycles. The number of hydrogen-bond donors (Lipinski definition) is 2. The van der Waals surface area contributed by atoms with Crippen LogP contribution in [0.4, 0.5) is 0 Å². The van der Waals surface area contributed by atoms with E-state index >= 15 is 0 Å². The third-order valence-electron chi connectivity index (χ3n) is 14.0. The Bertz CT molecular complexity index is 2540. The first-order chi connectivity index (χ1) is 31.8. The number of benzene rings is 2. The molecule has 4 aromatic rings. The second-order valence-electron chi connectivity index (χ2n) is 20.4. The van der Waals surface area contributed by atoms with Crippen LogP contribution in [0.1, 0.15) is 91.2 Å². The number of esters is 1. The topological polar surface area (TPSA) is 155 Å². The summed E-state index contributed by atoms with van der Waals surface area (Å²) < 4.78 is 14.3. The van der Waals surface area contributed by atoms with Gasteiger partial charge >= 0.3 is 5.97 Å². The van der Waals surface area contributed by atoms with Crippen molar-refractivity contribution >= 4 is 40.5 Å². The van der Waals surface area contributed by atoms with Crippen molar-refractivity contribution in [1.29, 1.82) is 0 Å². The molecule has 7 rings (SSSR count). The summed E-state index contributed by atoms with van der Waals surface area (Å²) in [5.74, 6) is -2.70. The first-order valence-electron chi connectivity index (χ1n) is 23.7. The minimum atomic E-state index is -1.06. The molecule has 67 heavy (non-hydrogen) atoms. The zero-order chi connectivity index (χ0) is 48.5. The molecule has 5 atom stereocenters. The van der Waals surface area contributed by atoms with Gasteiger partial charge in [0.15, 0.2) is 0 Å². The lowest BCUT2D eigenvalue weighted by molar-refractivity contribution is -0.155. The van der Waals surface area contributed by atoms with Crippen molar-refractivity contribution in [2.75, 3.05) is 40.4 Å². The summed E-state index contributed by atoms with van der Waals surface area (Å²) >= 11 is 0. The van der Waals surface area contributed by atoms with E-state index in [0.717, 1.165) is 50.1 Å². The number of nitrogens with one attached hydrogen (secondary N) is 2. The van der Waals surface area contributed by atoms with E-state index in [4.69, 9.17) is 14.5 Å². The molecule has 3 aliphatic rings. The fourth-order valence-corrected chi connectivity index (χ4v) is 10.4. The van der Waals surface area contributed by atoms with Gasteiger partial charge in [-0.15, -0.1) is 0 Å². The molecule has 14 nitrogen and oxygen atoms in total. The molecule has 6 bridgehead atoms. The number of nitrogens with zero attached hydrogens (tertiary/aromatic N) is 5. The summed E-state index contributed by atoms with van der Waals surface area (Å²) in [4.78, 5) is 78.2. The van der Waals surface area contributed by atoms with E-state index in [2.05, 4.69) is 79.1 Å². The number of methoxy groups -OCH3 is 1. The maximum atomic E-state index is 14.8. The largest absolute Gasteiger partial charge is 0.464 e. The molecule has 2 fully saturated rings. The number of fused-ring (bicyclic) bond motifs is 6. The Kier molecular flexibility index (Phi) is 14.5. The number of pyridine rings is 1. The van der Waals surface area contributed by atoms with Crippen LogP contribution in [0.15, 0.2) is 73.4 Å². The van der Waals surface area contributed by atoms with E-state index in [1.165, 1.54) is 16.0 Å². The average Bonchev–Trinajstić information content (AvgIpc) is 3.80. The number of carbonyl (C=O) groups excluding carboxylic acids is 5. The molecule has 4 amide bonds. The van der Waals surface area contributed by atoms with Gasteiger partial charge in [0.2, 0.25) is 17.7 Å². The molecule has 2 N–H and O–H groups in total. The van der Waals surface area contributed by atoms with Crippen LogP contribution >= 0.6 is 0 Å². The molecule has 358 valence electrons. The average molecular weight is 916 g/mol. The van der Waals surface area contributed by atoms with Crippen LogP contribution < -0.4 is 10.7 Å². The molecular weight excluding hydrogens is 847 g/mol. The molecule has 14 heteroatoms. The normalized spacial score (nSPS) is 21.6. The summed E-state index contributed by atoms with van der Waals surface area (Å²) in [5, 5.41) is 5.59. The summed E-state index contributed by atoms with van der Waals surface area (Å²) in [6.45, 7) is 21.4. The van der Waals surface area contributed by atoms with Crippen molar-refractivity contribution < 1.29 is 33.4 Å². The number of ether oxygens (including phenoxy) is 2. The molecule has 0 saturated carbocycles. The van der Waals surface area contributed by atoms with Gasteiger partial charge in [0.1, 0.15) is 18.1 Å². The van der Waals surface area contributed by atoms with E-state index in [9.17, 15) is 24.0 Å². The highest BCUT2D eigenvalue weighted by molar-refractivity contribution is 5.96. The Labute approximate surface area is 395 Å². The van der Waals surface area contributed by atoms with Gasteiger partial charge in [-0.3, -0.25) is 34.0 Å². The number of aryl methyl sites for hydroxylation is 1. The summed E-state index contributed by atoms with van der Waals surface area (Å²) in [6, 6.07) is 15.8. The van der Waals surface area contributed by atoms with Crippen molar-refractivity contribution in [2.24, 2.45) is 22.7 Å². The lowest BCUT2D eigenvalue weighted by atomic mass is 9.80. The zero-order valence-electron chi connectivity index (χ0n) is 41.0. The fourth-order valence-electron chi connectivity index (χ4n) is 10.4. The lowest BCUT2D eigenvalue weighted by Crippen LogP contribution is -2.62. The number of rotatable bonds is 10. The SMILES string of the molecule is C=CC(=O)N1C[C@@H](C(=O)N(C)C(C(=O)N[C@H]2Cc3cccc(c3)-c3ccc4c(c3)c(c(-c3cccnc3[C@H](C)OC)n4CC)CC(C)(C)COC(=O)[C@@H]3CCCN(N3)C2=O)C(C)C)C(C)(C)C1. The summed E-state index contributed by atoms with van der Waals surface area (Å²) in [5.41, 5.74) is 9.91. The van der Waals surface area contributed by atoms with Gasteiger partial charge < -0.3 is 29.2 Å². The molecular formula is C53H69N7O7. The first-order valence-corrected chi connectivity index (χ1v) is 23.7. The molecule has 2 aromatic heterocycles. The monoisotopic (exact) mass is 916 g/mol. The second-order valence-corrected chi connectivity index (χ2v) is 20.4. The van der Waals surface area contributed by atoms with Crippen molar-refractivity contribution in [1.82, 2.24) is 35.1 Å². The number of likely N-dealkylation sites (tertiary alicyclic amines) is 1. The van der Waals surface area contributed by atoms with Crippen molar-refractivity contribution in [3.05, 3.63) is 90.3 Å². The van der Waals surface area contributed by atoms with Gasteiger partial charge in [-0.25, -0.2) is 5.43 Å². The Morgan fingerprint density at radius 3 is 2.51 bits per heavy atom. The first kappa shape index (κ1) is 49.1. The van der Waals surface area contributed by atoms with E-state index in [-0.39, 0.29) is 43.4 Å². The highest BCUT2D eigenvalue weighted by Crippen LogP contribution is 2.42. The number of likely N-dealkylation sites (N-methyl/N-ethyl adjacent to an activating group) is 1. The standard InChI is InChI=1S/C53H69N7O7/c1-12-44(61)58-29-40(53(8,9)30-58)49(63)57(10)46(32(3)4)48(62)55-42-26-34-17-14-18-35(25-34)36-21-22-43-38(27-36)39(47(59(43)13-2)37-19-15-23-54-45(37)33(5)66-11)28-52(6,7)31-67-51(65)41-20-16-24-60(56-41)50(42)64/h12,14-15,17-19,21-23,25,27,32-33,40-42,46,56H,1,13,16,20,24,26,28-31H2,2-11H3,(H,55,62)/t33-,40-,41-,42-,46?/m0/s1. The van der Waals surface area contributed by atoms with Crippen LogP contribution in [-0.4, -0.2) is 112 Å². The highest BCUT2D eigenvalue weighted by atomic mass is 16.5. The zero-order valence-corrected chi connectivity index (χ0v) is 41.0. The van der Waals surface area contributed by atoms with Gasteiger partial charge in [-0.1, -0.05) is 78.5 Å². The predicted molar refractivity (Wildman–Crippen MR) is 259 cm³/mol. The Balaban J connectivity index is 1.29. The minimum Gasteiger partial charge on any atom is -0.464 e. The third kappa shape index (κ3) is 10.1. The summed E-state index contributed by atoms with van der Waals surface area (Å²) in [6.07, 6.45) is 4.53. The number of cyclic esters (lactones) is 1. The number of carbonyl (C=O) groups is 5. The molecule has 0 spiro atoms. The quantitative estimate of drug-likeness (QED) is 0.128. The van der Waals surface area contributed by atoms with Gasteiger partial charge in [0.05, 0.1) is 30.0 Å². The second kappa shape index (κ2) is 19.8. The van der Waals surface area contributed by atoms with Crippen LogP contribution in [0, 0.1) is 22.7 Å². The Hall–Kier alpha value is -5.86. The number of hydrogen-bond acceptors (Lipinski definition) is 9. The number of hydrazine groups is 1. The number of aromatic nitrogens is 2. The van der Waals surface area contributed by atoms with Crippen molar-refractivity contribution in [2.45, 2.75) is 112 Å². The van der Waals surface area contributed by atoms with Crippen molar-refractivity contribution in [3.8, 4) is 22.4 Å². The van der Waals surface area contributed by atoms with Gasteiger partial charge in [0, 0.05) is 74.8 Å². The smallest absolute Gasteiger partial charge is 0.324 e. The molecule has 2 saturated heterocycles. The van der Waals surface area contributed by atoms with E-state index in [1.54, 1.807) is 25.3 Å². The van der Waals surface area contributed by atoms with Crippen LogP contribution in [-0.2, 0) is 52.8 Å². The Morgan fingerprint density at radius 2 is 1.81 bits per heavy atom. The summed E-state index contributed by atoms with van der Waals surface area (Å²) in [7, 11) is 3.31. The van der Waals surface area contributed by atoms with Gasteiger partial charge in [-0.2, -0.15) is 0 Å².